The number of aromatic nitrogens is 3. The summed E-state index contributed by atoms with van der Waals surface area (Å²) in [5, 5.41) is 8.00. The molecular weight excluding hydrogens is 409 g/mol. The molecule has 0 aliphatic carbocycles. The minimum atomic E-state index is 0.754. The van der Waals surface area contributed by atoms with Gasteiger partial charge < -0.3 is 4.74 Å². The first-order valence-electron chi connectivity index (χ1n) is 6.68. The van der Waals surface area contributed by atoms with Crippen LogP contribution in [-0.4, -0.2) is 22.3 Å². The Morgan fingerprint density at radius 1 is 1.18 bits per heavy atom. The molecule has 0 amide bonds. The molecule has 3 aromatic rings. The number of methoxy groups -OCH3 is 1. The van der Waals surface area contributed by atoms with Gasteiger partial charge in [0.2, 0.25) is 5.16 Å². The van der Waals surface area contributed by atoms with Crippen LogP contribution in [0.1, 0.15) is 5.56 Å². The molecule has 2 aromatic carbocycles. The molecule has 0 fully saturated rings. The highest BCUT2D eigenvalue weighted by atomic mass is 127. The fourth-order valence-corrected chi connectivity index (χ4v) is 3.31. The number of ether oxygens (including phenoxy) is 1. The molecular formula is C16H14IN3OS. The Bertz CT molecular complexity index is 758. The summed E-state index contributed by atoms with van der Waals surface area (Å²) in [6.07, 6.45) is 0. The maximum atomic E-state index is 5.16. The predicted molar refractivity (Wildman–Crippen MR) is 97.1 cm³/mol. The first-order valence-corrected chi connectivity index (χ1v) is 8.75. The number of hydrogen-bond donors (Lipinski definition) is 1. The largest absolute Gasteiger partial charge is 0.497 e. The molecule has 0 aliphatic rings. The van der Waals surface area contributed by atoms with Gasteiger partial charge in [0.1, 0.15) is 5.75 Å². The zero-order valence-corrected chi connectivity index (χ0v) is 14.9. The number of H-pyrrole nitrogens is 1. The smallest absolute Gasteiger partial charge is 0.209 e. The Morgan fingerprint density at radius 3 is 2.73 bits per heavy atom. The molecule has 0 atom stereocenters. The van der Waals surface area contributed by atoms with Crippen LogP contribution in [0.4, 0.5) is 0 Å². The molecule has 22 heavy (non-hydrogen) atoms. The summed E-state index contributed by atoms with van der Waals surface area (Å²) < 4.78 is 6.40. The van der Waals surface area contributed by atoms with E-state index in [0.29, 0.717) is 0 Å². The highest BCUT2D eigenvalue weighted by Crippen LogP contribution is 2.24. The lowest BCUT2D eigenvalue weighted by molar-refractivity contribution is 0.415. The topological polar surface area (TPSA) is 50.8 Å². The van der Waals surface area contributed by atoms with Crippen LogP contribution in [0.15, 0.2) is 53.7 Å². The summed E-state index contributed by atoms with van der Waals surface area (Å²) in [4.78, 5) is 4.53. The summed E-state index contributed by atoms with van der Waals surface area (Å²) in [7, 11) is 1.66. The normalized spacial score (nSPS) is 10.6. The fourth-order valence-electron chi connectivity index (χ4n) is 1.96. The van der Waals surface area contributed by atoms with E-state index in [-0.39, 0.29) is 0 Å². The number of thioether (sulfide) groups is 1. The third kappa shape index (κ3) is 3.80. The van der Waals surface area contributed by atoms with Crippen LogP contribution >= 0.6 is 34.4 Å². The van der Waals surface area contributed by atoms with Crippen molar-refractivity contribution in [2.75, 3.05) is 7.11 Å². The van der Waals surface area contributed by atoms with Crippen molar-refractivity contribution in [1.29, 1.82) is 0 Å². The van der Waals surface area contributed by atoms with Crippen molar-refractivity contribution in [1.82, 2.24) is 15.2 Å². The molecule has 1 N–H and O–H groups in total. The Morgan fingerprint density at radius 2 is 2.00 bits per heavy atom. The second-order valence-electron chi connectivity index (χ2n) is 4.61. The predicted octanol–water partition coefficient (Wildman–Crippen LogP) is 4.38. The second kappa shape index (κ2) is 7.15. The van der Waals surface area contributed by atoms with E-state index in [1.54, 1.807) is 18.9 Å². The molecule has 0 saturated heterocycles. The van der Waals surface area contributed by atoms with Crippen LogP contribution in [-0.2, 0) is 5.75 Å². The maximum absolute atomic E-state index is 5.16. The first-order chi connectivity index (χ1) is 10.7. The van der Waals surface area contributed by atoms with Crippen molar-refractivity contribution in [2.24, 2.45) is 0 Å². The summed E-state index contributed by atoms with van der Waals surface area (Å²) in [6, 6.07) is 16.2. The number of aromatic amines is 1. The van der Waals surface area contributed by atoms with Gasteiger partial charge in [-0.1, -0.05) is 23.9 Å². The quantitative estimate of drug-likeness (QED) is 0.489. The Labute approximate surface area is 146 Å². The van der Waals surface area contributed by atoms with Crippen LogP contribution in [0.5, 0.6) is 5.75 Å². The number of benzene rings is 2. The number of hydrogen-bond acceptors (Lipinski definition) is 4. The molecule has 1 aromatic heterocycles. The molecule has 0 unspecified atom stereocenters. The van der Waals surface area contributed by atoms with Crippen LogP contribution < -0.4 is 4.74 Å². The van der Waals surface area contributed by atoms with Gasteiger partial charge in [0.25, 0.3) is 0 Å². The summed E-state index contributed by atoms with van der Waals surface area (Å²) in [5.74, 6) is 2.46. The maximum Gasteiger partial charge on any atom is 0.209 e. The lowest BCUT2D eigenvalue weighted by Crippen LogP contribution is -1.84. The molecule has 0 aliphatic heterocycles. The lowest BCUT2D eigenvalue weighted by atomic mass is 10.2. The zero-order valence-electron chi connectivity index (χ0n) is 11.9. The van der Waals surface area contributed by atoms with Gasteiger partial charge in [-0.05, 0) is 64.6 Å². The van der Waals surface area contributed by atoms with Crippen LogP contribution in [0, 0.1) is 3.57 Å². The molecule has 3 rings (SSSR count). The average molecular weight is 423 g/mol. The molecule has 0 radical (unpaired) electrons. The van der Waals surface area contributed by atoms with E-state index in [1.165, 1.54) is 9.13 Å². The third-order valence-electron chi connectivity index (χ3n) is 3.09. The van der Waals surface area contributed by atoms with E-state index in [4.69, 9.17) is 4.74 Å². The number of nitrogens with one attached hydrogen (secondary N) is 1. The molecule has 0 spiro atoms. The number of nitrogens with zero attached hydrogens (tertiary/aromatic N) is 2. The van der Waals surface area contributed by atoms with Gasteiger partial charge in [0, 0.05) is 14.9 Å². The third-order valence-corrected chi connectivity index (χ3v) is 4.67. The zero-order chi connectivity index (χ0) is 15.4. The van der Waals surface area contributed by atoms with Crippen LogP contribution in [0.3, 0.4) is 0 Å². The summed E-state index contributed by atoms with van der Waals surface area (Å²) in [6.45, 7) is 0. The van der Waals surface area contributed by atoms with E-state index >= 15 is 0 Å². The molecule has 112 valence electrons. The minimum absolute atomic E-state index is 0.754. The monoisotopic (exact) mass is 423 g/mol. The Kier molecular flexibility index (Phi) is 4.99. The number of halogens is 1. The van der Waals surface area contributed by atoms with Gasteiger partial charge in [-0.25, -0.2) is 4.98 Å². The van der Waals surface area contributed by atoms with E-state index in [0.717, 1.165) is 28.0 Å². The van der Waals surface area contributed by atoms with Gasteiger partial charge in [0.15, 0.2) is 5.82 Å². The highest BCUT2D eigenvalue weighted by molar-refractivity contribution is 14.1. The molecule has 1 heterocycles. The highest BCUT2D eigenvalue weighted by Gasteiger charge is 2.07. The second-order valence-corrected chi connectivity index (χ2v) is 6.80. The standard InChI is InChI=1S/C16H14IN3OS/c1-21-14-7-5-12(6-8-14)15-18-16(20-19-15)22-10-11-3-2-4-13(17)9-11/h2-9H,10H2,1H3,(H,18,19,20). The van der Waals surface area contributed by atoms with Crippen LogP contribution in [0.25, 0.3) is 11.4 Å². The van der Waals surface area contributed by atoms with Crippen molar-refractivity contribution in [3.63, 3.8) is 0 Å². The van der Waals surface area contributed by atoms with Gasteiger partial charge in [-0.3, -0.25) is 5.10 Å². The lowest BCUT2D eigenvalue weighted by Gasteiger charge is -2.00. The van der Waals surface area contributed by atoms with Gasteiger partial charge >= 0.3 is 0 Å². The van der Waals surface area contributed by atoms with E-state index in [2.05, 4.69) is 62.0 Å². The molecule has 0 bridgehead atoms. The Balaban J connectivity index is 1.68. The molecule has 6 heteroatoms. The van der Waals surface area contributed by atoms with Gasteiger partial charge in [0.05, 0.1) is 7.11 Å². The van der Waals surface area contributed by atoms with Crippen molar-refractivity contribution >= 4 is 34.4 Å². The fraction of sp³-hybridized carbons (Fsp3) is 0.125. The van der Waals surface area contributed by atoms with Crippen molar-refractivity contribution in [2.45, 2.75) is 10.9 Å². The van der Waals surface area contributed by atoms with Crippen molar-refractivity contribution in [3.05, 3.63) is 57.7 Å². The van der Waals surface area contributed by atoms with Gasteiger partial charge in [-0.15, -0.1) is 5.10 Å². The van der Waals surface area contributed by atoms with Crippen molar-refractivity contribution < 1.29 is 4.74 Å². The van der Waals surface area contributed by atoms with Crippen LogP contribution in [0.2, 0.25) is 0 Å². The molecule has 0 saturated carbocycles. The van der Waals surface area contributed by atoms with Gasteiger partial charge in [-0.2, -0.15) is 0 Å². The average Bonchev–Trinajstić information content (AvgIpc) is 3.02. The minimum Gasteiger partial charge on any atom is -0.497 e. The number of rotatable bonds is 5. The van der Waals surface area contributed by atoms with E-state index < -0.39 is 0 Å². The molecule has 4 nitrogen and oxygen atoms in total. The first kappa shape index (κ1) is 15.4. The Hall–Kier alpha value is -1.54. The summed E-state index contributed by atoms with van der Waals surface area (Å²) in [5.41, 5.74) is 2.27. The SMILES string of the molecule is COc1ccc(-c2nc(SCc3cccc(I)c3)n[nH]2)cc1. The van der Waals surface area contributed by atoms with Crippen molar-refractivity contribution in [3.8, 4) is 17.1 Å². The van der Waals surface area contributed by atoms with E-state index in [1.807, 2.05) is 24.3 Å². The summed E-state index contributed by atoms with van der Waals surface area (Å²) >= 11 is 3.94. The van der Waals surface area contributed by atoms with E-state index in [9.17, 15) is 0 Å².